The standard InChI is InChI=1S/C8H10ClNO.C8H16N2.C8H17N/c1-10-6-3-4-8(11-2)7(9)5-6;1-9-8-6-10-4-2-7(8)3-5-10;1-9-8-6-4-2-3-5-7-8/h3-5,10H,1-2H3;7-9H,2-6H2,1H3;8-9H,2-7H2,1H3. The highest BCUT2D eigenvalue weighted by Crippen LogP contribution is 2.27. The number of hydrogen-bond donors (Lipinski definition) is 3. The Bertz CT molecular complexity index is 585. The van der Waals surface area contributed by atoms with Crippen molar-refractivity contribution in [3.63, 3.8) is 0 Å². The van der Waals surface area contributed by atoms with Crippen molar-refractivity contribution >= 4 is 17.3 Å². The first kappa shape index (κ1) is 25.3. The second-order valence-electron chi connectivity index (χ2n) is 8.61. The van der Waals surface area contributed by atoms with E-state index < -0.39 is 0 Å². The van der Waals surface area contributed by atoms with E-state index in [1.54, 1.807) is 7.11 Å². The van der Waals surface area contributed by atoms with Crippen LogP contribution in [0.4, 0.5) is 5.69 Å². The van der Waals surface area contributed by atoms with Crippen LogP contribution in [0.2, 0.25) is 5.02 Å². The van der Waals surface area contributed by atoms with Crippen molar-refractivity contribution in [3.8, 4) is 5.75 Å². The Labute approximate surface area is 189 Å². The van der Waals surface area contributed by atoms with Gasteiger partial charge in [-0.2, -0.15) is 0 Å². The number of methoxy groups -OCH3 is 1. The molecule has 1 saturated carbocycles. The van der Waals surface area contributed by atoms with Gasteiger partial charge in [-0.3, -0.25) is 0 Å². The molecule has 2 bridgehead atoms. The van der Waals surface area contributed by atoms with Gasteiger partial charge in [0.2, 0.25) is 0 Å². The molecule has 5 rings (SSSR count). The molecule has 1 unspecified atom stereocenters. The van der Waals surface area contributed by atoms with Crippen molar-refractivity contribution in [1.29, 1.82) is 0 Å². The average Bonchev–Trinajstić information content (AvgIpc) is 3.09. The molecule has 172 valence electrons. The van der Waals surface area contributed by atoms with E-state index >= 15 is 0 Å². The number of ether oxygens (including phenoxy) is 1. The Morgan fingerprint density at radius 1 is 0.933 bits per heavy atom. The SMILES string of the molecule is CNC1CCCCCC1.CNC1CN2CCC1CC2.CNc1ccc(OC)c(Cl)c1. The number of halogens is 1. The maximum absolute atomic E-state index is 5.84. The summed E-state index contributed by atoms with van der Waals surface area (Å²) in [6, 6.07) is 7.18. The van der Waals surface area contributed by atoms with E-state index in [4.69, 9.17) is 16.3 Å². The number of nitrogens with one attached hydrogen (secondary N) is 3. The lowest BCUT2D eigenvalue weighted by Gasteiger charge is -2.44. The molecule has 1 aliphatic carbocycles. The van der Waals surface area contributed by atoms with Gasteiger partial charge in [-0.25, -0.2) is 0 Å². The van der Waals surface area contributed by atoms with Crippen molar-refractivity contribution in [2.75, 3.05) is 53.2 Å². The largest absolute Gasteiger partial charge is 0.495 e. The summed E-state index contributed by atoms with van der Waals surface area (Å²) in [6.07, 6.45) is 11.4. The number of anilines is 1. The second-order valence-corrected chi connectivity index (χ2v) is 9.02. The minimum absolute atomic E-state index is 0.624. The monoisotopic (exact) mass is 438 g/mol. The highest BCUT2D eigenvalue weighted by Gasteiger charge is 2.32. The van der Waals surface area contributed by atoms with Gasteiger partial charge in [-0.15, -0.1) is 0 Å². The minimum atomic E-state index is 0.624. The molecule has 3 aliphatic heterocycles. The number of fused-ring (bicyclic) bond motifs is 3. The molecule has 30 heavy (non-hydrogen) atoms. The Morgan fingerprint density at radius 3 is 2.00 bits per heavy atom. The number of nitrogens with zero attached hydrogens (tertiary/aromatic N) is 1. The van der Waals surface area contributed by atoms with Crippen molar-refractivity contribution < 1.29 is 4.74 Å². The highest BCUT2D eigenvalue weighted by atomic mass is 35.5. The van der Waals surface area contributed by atoms with E-state index in [0.717, 1.165) is 23.7 Å². The van der Waals surface area contributed by atoms with E-state index in [0.29, 0.717) is 10.8 Å². The van der Waals surface area contributed by atoms with Gasteiger partial charge in [0.15, 0.2) is 0 Å². The van der Waals surface area contributed by atoms with Gasteiger partial charge in [0.05, 0.1) is 12.1 Å². The number of piperidine rings is 3. The van der Waals surface area contributed by atoms with Crippen LogP contribution < -0.4 is 20.7 Å². The zero-order chi connectivity index (χ0) is 21.8. The lowest BCUT2D eigenvalue weighted by molar-refractivity contribution is 0.0764. The molecule has 1 aromatic rings. The third kappa shape index (κ3) is 8.26. The summed E-state index contributed by atoms with van der Waals surface area (Å²) in [7, 11) is 7.61. The first-order valence-corrected chi connectivity index (χ1v) is 12.1. The van der Waals surface area contributed by atoms with E-state index in [1.165, 1.54) is 71.0 Å². The molecule has 3 N–H and O–H groups in total. The van der Waals surface area contributed by atoms with E-state index in [9.17, 15) is 0 Å². The Morgan fingerprint density at radius 2 is 1.60 bits per heavy atom. The maximum atomic E-state index is 5.84. The summed E-state index contributed by atoms with van der Waals surface area (Å²) in [5, 5.41) is 10.3. The van der Waals surface area contributed by atoms with Gasteiger partial charge in [0, 0.05) is 31.4 Å². The fourth-order valence-corrected chi connectivity index (χ4v) is 4.94. The molecule has 1 atom stereocenters. The van der Waals surface area contributed by atoms with Gasteiger partial charge in [0.25, 0.3) is 0 Å². The molecule has 3 saturated heterocycles. The number of benzene rings is 1. The normalized spacial score (nSPS) is 25.8. The summed E-state index contributed by atoms with van der Waals surface area (Å²) in [4.78, 5) is 2.57. The summed E-state index contributed by atoms with van der Waals surface area (Å²) in [6.45, 7) is 3.99. The van der Waals surface area contributed by atoms with Crippen LogP contribution in [-0.4, -0.2) is 64.9 Å². The molecule has 0 spiro atoms. The highest BCUT2D eigenvalue weighted by molar-refractivity contribution is 6.32. The van der Waals surface area contributed by atoms with E-state index in [2.05, 4.69) is 34.9 Å². The zero-order valence-electron chi connectivity index (χ0n) is 19.5. The summed E-state index contributed by atoms with van der Waals surface area (Å²) in [5.41, 5.74) is 0.982. The van der Waals surface area contributed by atoms with Crippen LogP contribution >= 0.6 is 11.6 Å². The summed E-state index contributed by atoms with van der Waals surface area (Å²) < 4.78 is 4.98. The first-order chi connectivity index (χ1) is 14.6. The van der Waals surface area contributed by atoms with Crippen molar-refractivity contribution in [2.45, 2.75) is 63.5 Å². The molecule has 6 heteroatoms. The Kier molecular flexibility index (Phi) is 11.9. The molecule has 0 amide bonds. The Hall–Kier alpha value is -1.01. The fraction of sp³-hybridized carbons (Fsp3) is 0.750. The van der Waals surface area contributed by atoms with Crippen molar-refractivity contribution in [2.24, 2.45) is 5.92 Å². The topological polar surface area (TPSA) is 48.6 Å². The average molecular weight is 439 g/mol. The van der Waals surface area contributed by atoms with Gasteiger partial charge in [-0.1, -0.05) is 37.3 Å². The van der Waals surface area contributed by atoms with Gasteiger partial charge in [-0.05, 0) is 77.0 Å². The third-order valence-corrected chi connectivity index (χ3v) is 7.03. The zero-order valence-corrected chi connectivity index (χ0v) is 20.2. The molecule has 4 aliphatic rings. The molecule has 5 nitrogen and oxygen atoms in total. The molecule has 3 heterocycles. The van der Waals surface area contributed by atoms with Crippen LogP contribution in [0.1, 0.15) is 51.4 Å². The predicted molar refractivity (Wildman–Crippen MR) is 130 cm³/mol. The molecule has 0 aromatic heterocycles. The van der Waals surface area contributed by atoms with Crippen LogP contribution in [0, 0.1) is 5.92 Å². The molecular formula is C24H43ClN4O. The van der Waals surface area contributed by atoms with Crippen molar-refractivity contribution in [3.05, 3.63) is 23.2 Å². The van der Waals surface area contributed by atoms with Gasteiger partial charge < -0.3 is 25.6 Å². The summed E-state index contributed by atoms with van der Waals surface area (Å²) in [5.74, 6) is 1.68. The van der Waals surface area contributed by atoms with Gasteiger partial charge >= 0.3 is 0 Å². The number of rotatable bonds is 4. The van der Waals surface area contributed by atoms with E-state index in [1.807, 2.05) is 25.2 Å². The number of likely N-dealkylation sites (N-methyl/N-ethyl adjacent to an activating group) is 1. The molecule has 4 fully saturated rings. The number of hydrogen-bond acceptors (Lipinski definition) is 5. The van der Waals surface area contributed by atoms with Gasteiger partial charge in [0.1, 0.15) is 5.75 Å². The van der Waals surface area contributed by atoms with Crippen molar-refractivity contribution in [1.82, 2.24) is 15.5 Å². The third-order valence-electron chi connectivity index (χ3n) is 6.73. The maximum Gasteiger partial charge on any atom is 0.137 e. The first-order valence-electron chi connectivity index (χ1n) is 11.7. The van der Waals surface area contributed by atoms with Crippen LogP contribution in [-0.2, 0) is 0 Å². The lowest BCUT2D eigenvalue weighted by atomic mass is 9.84. The lowest BCUT2D eigenvalue weighted by Crippen LogP contribution is -2.55. The second kappa shape index (κ2) is 14.1. The van der Waals surface area contributed by atoms with Crippen LogP contribution in [0.5, 0.6) is 5.75 Å². The predicted octanol–water partition coefficient (Wildman–Crippen LogP) is 4.62. The molecule has 1 aromatic carbocycles. The smallest absolute Gasteiger partial charge is 0.137 e. The quantitative estimate of drug-likeness (QED) is 0.599. The van der Waals surface area contributed by atoms with Crippen LogP contribution in [0.3, 0.4) is 0 Å². The fourth-order valence-electron chi connectivity index (χ4n) is 4.68. The minimum Gasteiger partial charge on any atom is -0.495 e. The van der Waals surface area contributed by atoms with Crippen LogP contribution in [0.15, 0.2) is 18.2 Å². The molecular weight excluding hydrogens is 396 g/mol. The molecule has 0 radical (unpaired) electrons. The van der Waals surface area contributed by atoms with E-state index in [-0.39, 0.29) is 0 Å². The summed E-state index contributed by atoms with van der Waals surface area (Å²) >= 11 is 5.84. The Balaban J connectivity index is 0.000000161. The van der Waals surface area contributed by atoms with Crippen LogP contribution in [0.25, 0.3) is 0 Å².